The fourth-order valence-electron chi connectivity index (χ4n) is 1.10. The molecule has 1 nitrogen and oxygen atoms in total. The smallest absolute Gasteiger partial charge is 0.0608 e. The van der Waals surface area contributed by atoms with Crippen molar-refractivity contribution in [3.63, 3.8) is 0 Å². The van der Waals surface area contributed by atoms with E-state index < -0.39 is 0 Å². The van der Waals surface area contributed by atoms with Crippen LogP contribution in [-0.4, -0.2) is 11.2 Å². The molecule has 0 aliphatic rings. The van der Waals surface area contributed by atoms with E-state index in [1.54, 1.807) is 0 Å². The Balaban J connectivity index is 0. The van der Waals surface area contributed by atoms with Crippen LogP contribution < -0.4 is 0 Å². The maximum atomic E-state index is 9.70. The van der Waals surface area contributed by atoms with Gasteiger partial charge in [-0.15, -0.1) is 6.92 Å². The summed E-state index contributed by atoms with van der Waals surface area (Å²) in [6, 6.07) is 0. The first-order chi connectivity index (χ1) is 5.99. The maximum Gasteiger partial charge on any atom is 0.0608 e. The predicted molar refractivity (Wildman–Crippen MR) is 57.3 cm³/mol. The molecule has 2 atom stereocenters. The van der Waals surface area contributed by atoms with Crippen LogP contribution in [0.25, 0.3) is 0 Å². The van der Waals surface area contributed by atoms with Gasteiger partial charge in [0.1, 0.15) is 0 Å². The zero-order chi connectivity index (χ0) is 10.4. The molecule has 0 bridgehead atoms. The first kappa shape index (κ1) is 17.0. The average molecular weight is 270 g/mol. The molecule has 1 radical (unpaired) electrons. The molecule has 0 saturated heterocycles. The summed E-state index contributed by atoms with van der Waals surface area (Å²) in [7, 11) is 0. The summed E-state index contributed by atoms with van der Waals surface area (Å²) >= 11 is 0. The Labute approximate surface area is 114 Å². The second-order valence-corrected chi connectivity index (χ2v) is 3.89. The number of aliphatic hydroxyl groups is 1. The van der Waals surface area contributed by atoms with E-state index in [1.807, 2.05) is 46.8 Å². The van der Waals surface area contributed by atoms with Crippen LogP contribution in [0.4, 0.5) is 0 Å². The van der Waals surface area contributed by atoms with Crippen molar-refractivity contribution in [1.29, 1.82) is 0 Å². The molecule has 1 N–H and O–H groups in total. The van der Waals surface area contributed by atoms with Crippen molar-refractivity contribution < 1.29 is 37.8 Å². The van der Waals surface area contributed by atoms with Crippen LogP contribution in [0.1, 0.15) is 34.6 Å². The Kier molecular flexibility index (Phi) is 10.7. The third kappa shape index (κ3) is 6.92. The Morgan fingerprint density at radius 1 is 1.29 bits per heavy atom. The molecule has 0 rings (SSSR count). The first-order valence-electron chi connectivity index (χ1n) is 4.86. The van der Waals surface area contributed by atoms with Gasteiger partial charge in [0, 0.05) is 32.7 Å². The zero-order valence-corrected chi connectivity index (χ0v) is 12.7. The van der Waals surface area contributed by atoms with Crippen molar-refractivity contribution in [2.75, 3.05) is 0 Å². The Hall–Kier alpha value is 0.544. The van der Waals surface area contributed by atoms with E-state index in [0.717, 1.165) is 5.57 Å². The van der Waals surface area contributed by atoms with Gasteiger partial charge in [-0.1, -0.05) is 27.7 Å². The minimum Gasteiger partial charge on any atom is -0.392 e. The third-order valence-corrected chi connectivity index (χ3v) is 2.27. The Morgan fingerprint density at radius 3 is 2.14 bits per heavy atom. The van der Waals surface area contributed by atoms with E-state index in [1.165, 1.54) is 0 Å². The molecule has 2 heteroatoms. The summed E-state index contributed by atoms with van der Waals surface area (Å²) in [4.78, 5) is 0. The van der Waals surface area contributed by atoms with Crippen molar-refractivity contribution in [3.8, 4) is 0 Å². The van der Waals surface area contributed by atoms with Crippen molar-refractivity contribution >= 4 is 0 Å². The molecule has 0 aliphatic heterocycles. The minimum atomic E-state index is -0.249. The van der Waals surface area contributed by atoms with Crippen LogP contribution in [0.5, 0.6) is 0 Å². The maximum absolute atomic E-state index is 9.70. The summed E-state index contributed by atoms with van der Waals surface area (Å²) in [6.07, 6.45) is 6.84. The van der Waals surface area contributed by atoms with Crippen LogP contribution in [0.3, 0.4) is 0 Å². The molecule has 14 heavy (non-hydrogen) atoms. The second-order valence-electron chi connectivity index (χ2n) is 3.89. The second kappa shape index (κ2) is 8.82. The van der Waals surface area contributed by atoms with E-state index in [-0.39, 0.29) is 44.7 Å². The van der Waals surface area contributed by atoms with Crippen LogP contribution in [0, 0.1) is 17.9 Å². The molecule has 0 amide bonds. The molecule has 0 spiro atoms. The number of hydrogen-bond donors (Lipinski definition) is 1. The van der Waals surface area contributed by atoms with Gasteiger partial charge in [0.2, 0.25) is 0 Å². The van der Waals surface area contributed by atoms with E-state index in [9.17, 15) is 5.11 Å². The Morgan fingerprint density at radius 2 is 1.79 bits per heavy atom. The first-order valence-corrected chi connectivity index (χ1v) is 4.86. The van der Waals surface area contributed by atoms with Gasteiger partial charge in [0.05, 0.1) is 6.10 Å². The van der Waals surface area contributed by atoms with Gasteiger partial charge in [-0.05, 0) is 11.8 Å². The van der Waals surface area contributed by atoms with Crippen molar-refractivity contribution in [2.45, 2.75) is 40.7 Å². The summed E-state index contributed by atoms with van der Waals surface area (Å²) < 4.78 is 0. The summed E-state index contributed by atoms with van der Waals surface area (Å²) in [6.45, 7) is 9.99. The topological polar surface area (TPSA) is 20.2 Å². The van der Waals surface area contributed by atoms with Crippen LogP contribution in [0.15, 0.2) is 17.7 Å². The largest absolute Gasteiger partial charge is 0.392 e. The van der Waals surface area contributed by atoms with Crippen molar-refractivity contribution in [1.82, 2.24) is 0 Å². The number of hydrogen-bond acceptors (Lipinski definition) is 1. The van der Waals surface area contributed by atoms with E-state index >= 15 is 0 Å². The van der Waals surface area contributed by atoms with Gasteiger partial charge in [-0.3, -0.25) is 6.08 Å². The normalized spacial score (nSPS) is 16.9. The standard InChI is InChI=1S/C12H21O.Y/c1-6-10(4)7-8-11(5)12(13)9(2)3;/h7-9,11-13H,1-5H3;/q-1;/b8-7+;/t11-,12+;/m1./s1. The van der Waals surface area contributed by atoms with Gasteiger partial charge >= 0.3 is 0 Å². The zero-order valence-electron chi connectivity index (χ0n) is 9.91. The van der Waals surface area contributed by atoms with Gasteiger partial charge < -0.3 is 5.11 Å². The minimum absolute atomic E-state index is 0. The van der Waals surface area contributed by atoms with Gasteiger partial charge in [-0.25, -0.2) is 11.6 Å². The molecule has 0 aromatic heterocycles. The fourth-order valence-corrected chi connectivity index (χ4v) is 1.10. The number of aliphatic hydroxyl groups excluding tert-OH is 1. The summed E-state index contributed by atoms with van der Waals surface area (Å²) in [5.74, 6) is 0.526. The van der Waals surface area contributed by atoms with Crippen LogP contribution in [0.2, 0.25) is 0 Å². The van der Waals surface area contributed by atoms with E-state index in [4.69, 9.17) is 0 Å². The van der Waals surface area contributed by atoms with Gasteiger partial charge in [-0.2, -0.15) is 6.08 Å². The van der Waals surface area contributed by atoms with Gasteiger partial charge in [0.15, 0.2) is 0 Å². The molecule has 79 valence electrons. The molecule has 0 aromatic carbocycles. The molecule has 0 fully saturated rings. The summed E-state index contributed by atoms with van der Waals surface area (Å²) in [5, 5.41) is 9.70. The molecule has 0 aliphatic carbocycles. The Bertz CT molecular complexity index is 194. The van der Waals surface area contributed by atoms with E-state index in [0.29, 0.717) is 5.92 Å². The molecule has 0 aromatic rings. The average Bonchev–Trinajstić information content (AvgIpc) is 2.11. The number of allylic oxidation sites excluding steroid dienone is 3. The molecule has 0 unspecified atom stereocenters. The quantitative estimate of drug-likeness (QED) is 0.615. The molecule has 0 saturated carbocycles. The monoisotopic (exact) mass is 270 g/mol. The number of rotatable bonds is 4. The van der Waals surface area contributed by atoms with Crippen LogP contribution >= 0.6 is 0 Å². The van der Waals surface area contributed by atoms with E-state index in [2.05, 4.69) is 6.08 Å². The predicted octanol–water partition coefficient (Wildman–Crippen LogP) is 2.96. The van der Waals surface area contributed by atoms with Crippen LogP contribution in [-0.2, 0) is 32.7 Å². The third-order valence-electron chi connectivity index (χ3n) is 2.27. The SMILES string of the molecule is C[C-]=C(C)/C=C/[C@@H](C)[C@@H](O)C(C)C.[Y]. The summed E-state index contributed by atoms with van der Waals surface area (Å²) in [5.41, 5.74) is 1.11. The molecule has 0 heterocycles. The van der Waals surface area contributed by atoms with Gasteiger partial charge in [0.25, 0.3) is 0 Å². The van der Waals surface area contributed by atoms with Crippen molar-refractivity contribution in [3.05, 3.63) is 23.8 Å². The molecular formula is C12H21OY-. The fraction of sp³-hybridized carbons (Fsp3) is 0.667. The molecular weight excluding hydrogens is 249 g/mol. The van der Waals surface area contributed by atoms with Crippen molar-refractivity contribution in [2.24, 2.45) is 11.8 Å².